The number of nitrogens with one attached hydrogen (secondary N) is 1. The van der Waals surface area contributed by atoms with Crippen molar-refractivity contribution in [2.24, 2.45) is 0 Å². The van der Waals surface area contributed by atoms with E-state index in [1.165, 1.54) is 11.3 Å². The number of benzene rings is 1. The molecule has 0 saturated carbocycles. The number of rotatable bonds is 4. The van der Waals surface area contributed by atoms with Gasteiger partial charge in [0.05, 0.1) is 6.20 Å². The van der Waals surface area contributed by atoms with Crippen LogP contribution in [0.25, 0.3) is 0 Å². The maximum atomic E-state index is 4.63. The van der Waals surface area contributed by atoms with Gasteiger partial charge in [-0.25, -0.2) is 0 Å². The van der Waals surface area contributed by atoms with Gasteiger partial charge < -0.3 is 10.2 Å². The number of hydrogen-bond acceptors (Lipinski definition) is 6. The first-order valence-corrected chi connectivity index (χ1v) is 8.08. The Kier molecular flexibility index (Phi) is 4.02. The van der Waals surface area contributed by atoms with E-state index in [1.807, 2.05) is 18.3 Å². The SMILES string of the molecule is c1cncc(CNc2nncc(N3CCCc4ccccc43)n2)c1. The lowest BCUT2D eigenvalue weighted by atomic mass is 10.0. The quantitative estimate of drug-likeness (QED) is 0.798. The normalized spacial score (nSPS) is 13.4. The molecule has 3 heterocycles. The van der Waals surface area contributed by atoms with E-state index in [4.69, 9.17) is 0 Å². The number of anilines is 3. The summed E-state index contributed by atoms with van der Waals surface area (Å²) in [6.07, 6.45) is 7.52. The van der Waals surface area contributed by atoms with Crippen molar-refractivity contribution in [2.45, 2.75) is 19.4 Å². The molecule has 0 spiro atoms. The molecular weight excluding hydrogens is 300 g/mol. The summed E-state index contributed by atoms with van der Waals surface area (Å²) in [5.41, 5.74) is 3.64. The van der Waals surface area contributed by atoms with Gasteiger partial charge in [0.25, 0.3) is 0 Å². The molecule has 6 heteroatoms. The van der Waals surface area contributed by atoms with Crippen LogP contribution in [-0.2, 0) is 13.0 Å². The molecule has 4 rings (SSSR count). The van der Waals surface area contributed by atoms with E-state index in [2.05, 4.69) is 54.6 Å². The molecule has 1 N–H and O–H groups in total. The van der Waals surface area contributed by atoms with Gasteiger partial charge in [-0.15, -0.1) is 5.10 Å². The van der Waals surface area contributed by atoms with Crippen LogP contribution in [-0.4, -0.2) is 26.7 Å². The van der Waals surface area contributed by atoms with Gasteiger partial charge in [-0.05, 0) is 36.1 Å². The third-order valence-electron chi connectivity index (χ3n) is 4.11. The predicted molar refractivity (Wildman–Crippen MR) is 93.2 cm³/mol. The second-order valence-electron chi connectivity index (χ2n) is 5.74. The predicted octanol–water partition coefficient (Wildman–Crippen LogP) is 2.96. The maximum absolute atomic E-state index is 4.63. The molecule has 6 nitrogen and oxygen atoms in total. The van der Waals surface area contributed by atoms with Gasteiger partial charge in [0.1, 0.15) is 0 Å². The molecule has 24 heavy (non-hydrogen) atoms. The van der Waals surface area contributed by atoms with Crippen molar-refractivity contribution in [3.8, 4) is 0 Å². The highest BCUT2D eigenvalue weighted by atomic mass is 15.3. The Morgan fingerprint density at radius 1 is 1.08 bits per heavy atom. The van der Waals surface area contributed by atoms with E-state index in [-0.39, 0.29) is 0 Å². The van der Waals surface area contributed by atoms with Crippen molar-refractivity contribution < 1.29 is 0 Å². The zero-order valence-corrected chi connectivity index (χ0v) is 13.3. The number of aromatic nitrogens is 4. The van der Waals surface area contributed by atoms with E-state index < -0.39 is 0 Å². The molecule has 0 saturated heterocycles. The minimum absolute atomic E-state index is 0.527. The summed E-state index contributed by atoms with van der Waals surface area (Å²) in [5.74, 6) is 1.35. The van der Waals surface area contributed by atoms with Crippen LogP contribution in [0.4, 0.5) is 17.5 Å². The lowest BCUT2D eigenvalue weighted by molar-refractivity contribution is 0.754. The Morgan fingerprint density at radius 2 is 2.04 bits per heavy atom. The Bertz CT molecular complexity index is 821. The van der Waals surface area contributed by atoms with Gasteiger partial charge in [-0.2, -0.15) is 10.1 Å². The second-order valence-corrected chi connectivity index (χ2v) is 5.74. The molecule has 0 fully saturated rings. The minimum atomic E-state index is 0.527. The van der Waals surface area contributed by atoms with E-state index in [0.717, 1.165) is 30.8 Å². The summed E-state index contributed by atoms with van der Waals surface area (Å²) in [6, 6.07) is 12.4. The first kappa shape index (κ1) is 14.6. The topological polar surface area (TPSA) is 66.8 Å². The van der Waals surface area contributed by atoms with Crippen LogP contribution in [0.2, 0.25) is 0 Å². The van der Waals surface area contributed by atoms with Gasteiger partial charge in [-0.3, -0.25) is 4.98 Å². The van der Waals surface area contributed by atoms with Crippen LogP contribution in [0, 0.1) is 0 Å². The zero-order valence-electron chi connectivity index (χ0n) is 13.3. The molecular formula is C18H18N6. The summed E-state index contributed by atoms with van der Waals surface area (Å²) < 4.78 is 0. The molecule has 0 unspecified atom stereocenters. The smallest absolute Gasteiger partial charge is 0.244 e. The summed E-state index contributed by atoms with van der Waals surface area (Å²) in [7, 11) is 0. The second kappa shape index (κ2) is 6.62. The zero-order chi connectivity index (χ0) is 16.2. The molecule has 0 amide bonds. The fourth-order valence-electron chi connectivity index (χ4n) is 2.96. The average Bonchev–Trinajstić information content (AvgIpc) is 2.67. The fraction of sp³-hybridized carbons (Fsp3) is 0.222. The molecule has 0 aliphatic carbocycles. The van der Waals surface area contributed by atoms with Crippen LogP contribution in [0.3, 0.4) is 0 Å². The summed E-state index contributed by atoms with van der Waals surface area (Å²) in [6.45, 7) is 1.56. The standard InChI is InChI=1S/C18H18N6/c1-2-8-16-15(6-1)7-4-10-24(16)17-13-21-23-18(22-17)20-12-14-5-3-9-19-11-14/h1-3,5-6,8-9,11,13H,4,7,10,12H2,(H,20,22,23). The first-order valence-electron chi connectivity index (χ1n) is 8.08. The van der Waals surface area contributed by atoms with Crippen molar-refractivity contribution >= 4 is 17.5 Å². The van der Waals surface area contributed by atoms with Gasteiger partial charge >= 0.3 is 0 Å². The van der Waals surface area contributed by atoms with E-state index in [0.29, 0.717) is 12.5 Å². The maximum Gasteiger partial charge on any atom is 0.244 e. The Morgan fingerprint density at radius 3 is 2.96 bits per heavy atom. The lowest BCUT2D eigenvalue weighted by Gasteiger charge is -2.30. The number of fused-ring (bicyclic) bond motifs is 1. The van der Waals surface area contributed by atoms with Crippen molar-refractivity contribution in [1.82, 2.24) is 20.2 Å². The van der Waals surface area contributed by atoms with Crippen LogP contribution >= 0.6 is 0 Å². The molecule has 0 bridgehead atoms. The number of para-hydroxylation sites is 1. The van der Waals surface area contributed by atoms with Gasteiger partial charge in [-0.1, -0.05) is 24.3 Å². The summed E-state index contributed by atoms with van der Waals surface area (Å²) >= 11 is 0. The highest BCUT2D eigenvalue weighted by Crippen LogP contribution is 2.31. The third-order valence-corrected chi connectivity index (χ3v) is 4.11. The van der Waals surface area contributed by atoms with E-state index in [9.17, 15) is 0 Å². The van der Waals surface area contributed by atoms with Gasteiger partial charge in [0.2, 0.25) is 5.95 Å². The Labute approximate surface area is 140 Å². The Balaban J connectivity index is 1.55. The molecule has 3 aromatic rings. The molecule has 1 aliphatic rings. The summed E-state index contributed by atoms with van der Waals surface area (Å²) in [5, 5.41) is 11.4. The van der Waals surface area contributed by atoms with Crippen LogP contribution in [0.1, 0.15) is 17.5 Å². The van der Waals surface area contributed by atoms with Crippen molar-refractivity contribution in [2.75, 3.05) is 16.8 Å². The van der Waals surface area contributed by atoms with Gasteiger partial charge in [0.15, 0.2) is 5.82 Å². The molecule has 1 aromatic carbocycles. The molecule has 2 aromatic heterocycles. The molecule has 1 aliphatic heterocycles. The summed E-state index contributed by atoms with van der Waals surface area (Å²) in [4.78, 5) is 11.0. The monoisotopic (exact) mass is 318 g/mol. The van der Waals surface area contributed by atoms with Crippen LogP contribution in [0.5, 0.6) is 0 Å². The molecule has 120 valence electrons. The number of nitrogens with zero attached hydrogens (tertiary/aromatic N) is 5. The Hall–Kier alpha value is -3.02. The van der Waals surface area contributed by atoms with E-state index >= 15 is 0 Å². The highest BCUT2D eigenvalue weighted by molar-refractivity contribution is 5.65. The lowest BCUT2D eigenvalue weighted by Crippen LogP contribution is -2.25. The van der Waals surface area contributed by atoms with Crippen molar-refractivity contribution in [3.05, 3.63) is 66.1 Å². The third kappa shape index (κ3) is 3.03. The number of hydrogen-bond donors (Lipinski definition) is 1. The molecule has 0 radical (unpaired) electrons. The highest BCUT2D eigenvalue weighted by Gasteiger charge is 2.19. The first-order chi connectivity index (χ1) is 11.9. The average molecular weight is 318 g/mol. The largest absolute Gasteiger partial charge is 0.349 e. The fourth-order valence-corrected chi connectivity index (χ4v) is 2.96. The van der Waals surface area contributed by atoms with Crippen LogP contribution < -0.4 is 10.2 Å². The van der Waals surface area contributed by atoms with Gasteiger partial charge in [0, 0.05) is 31.2 Å². The number of aryl methyl sites for hydroxylation is 1. The van der Waals surface area contributed by atoms with Crippen LogP contribution in [0.15, 0.2) is 55.0 Å². The number of pyridine rings is 1. The van der Waals surface area contributed by atoms with Crippen molar-refractivity contribution in [3.63, 3.8) is 0 Å². The minimum Gasteiger partial charge on any atom is -0.349 e. The van der Waals surface area contributed by atoms with Crippen molar-refractivity contribution in [1.29, 1.82) is 0 Å². The van der Waals surface area contributed by atoms with E-state index in [1.54, 1.807) is 12.4 Å². The molecule has 0 atom stereocenters.